The van der Waals surface area contributed by atoms with Gasteiger partial charge in [0.25, 0.3) is 0 Å². The van der Waals surface area contributed by atoms with Gasteiger partial charge in [-0.15, -0.1) is 0 Å². The molecule has 1 saturated carbocycles. The third kappa shape index (κ3) is 2.98. The number of rotatable bonds is 5. The molecule has 0 atom stereocenters. The van der Waals surface area contributed by atoms with Crippen LogP contribution in [0.3, 0.4) is 0 Å². The molecule has 1 N–H and O–H groups in total. The van der Waals surface area contributed by atoms with Gasteiger partial charge in [0.15, 0.2) is 0 Å². The number of hydrogen-bond donors (Lipinski definition) is 1. The van der Waals surface area contributed by atoms with E-state index in [9.17, 15) is 0 Å². The van der Waals surface area contributed by atoms with Crippen LogP contribution in [-0.4, -0.2) is 11.5 Å². The van der Waals surface area contributed by atoms with Crippen molar-refractivity contribution in [2.24, 2.45) is 5.92 Å². The first-order chi connectivity index (χ1) is 6.86. The SMILES string of the molecule is Brc1cccnc1NCCCC1CC1. The van der Waals surface area contributed by atoms with Crippen molar-refractivity contribution in [3.8, 4) is 0 Å². The molecule has 14 heavy (non-hydrogen) atoms. The van der Waals surface area contributed by atoms with Crippen molar-refractivity contribution in [1.82, 2.24) is 4.98 Å². The number of nitrogens with zero attached hydrogens (tertiary/aromatic N) is 1. The lowest BCUT2D eigenvalue weighted by molar-refractivity contribution is 0.686. The maximum absolute atomic E-state index is 4.25. The van der Waals surface area contributed by atoms with Crippen molar-refractivity contribution < 1.29 is 0 Å². The standard InChI is InChI=1S/C11H15BrN2/c12-10-4-2-8-14-11(10)13-7-1-3-9-5-6-9/h2,4,8-9H,1,3,5-7H2,(H,13,14). The van der Waals surface area contributed by atoms with Gasteiger partial charge in [-0.2, -0.15) is 0 Å². The van der Waals surface area contributed by atoms with E-state index in [1.165, 1.54) is 25.7 Å². The molecule has 0 bridgehead atoms. The van der Waals surface area contributed by atoms with Crippen molar-refractivity contribution in [2.45, 2.75) is 25.7 Å². The summed E-state index contributed by atoms with van der Waals surface area (Å²) < 4.78 is 1.05. The van der Waals surface area contributed by atoms with Gasteiger partial charge < -0.3 is 5.32 Å². The van der Waals surface area contributed by atoms with Crippen LogP contribution in [0.15, 0.2) is 22.8 Å². The molecule has 1 aromatic rings. The van der Waals surface area contributed by atoms with E-state index in [1.54, 1.807) is 0 Å². The molecule has 1 aliphatic rings. The minimum atomic E-state index is 0.961. The smallest absolute Gasteiger partial charge is 0.140 e. The zero-order valence-electron chi connectivity index (χ0n) is 8.17. The predicted octanol–water partition coefficient (Wildman–Crippen LogP) is 3.45. The van der Waals surface area contributed by atoms with Crippen LogP contribution in [0.1, 0.15) is 25.7 Å². The summed E-state index contributed by atoms with van der Waals surface area (Å²) in [6.45, 7) is 1.03. The summed E-state index contributed by atoms with van der Waals surface area (Å²) in [5, 5.41) is 3.34. The normalized spacial score (nSPS) is 15.5. The van der Waals surface area contributed by atoms with E-state index < -0.39 is 0 Å². The number of hydrogen-bond acceptors (Lipinski definition) is 2. The summed E-state index contributed by atoms with van der Waals surface area (Å²) in [7, 11) is 0. The number of nitrogens with one attached hydrogen (secondary N) is 1. The Hall–Kier alpha value is -0.570. The number of halogens is 1. The first-order valence-electron chi connectivity index (χ1n) is 5.20. The second-order valence-electron chi connectivity index (χ2n) is 3.85. The lowest BCUT2D eigenvalue weighted by Gasteiger charge is -2.06. The molecule has 1 fully saturated rings. The summed E-state index contributed by atoms with van der Waals surface area (Å²) in [5.41, 5.74) is 0. The third-order valence-corrected chi connectivity index (χ3v) is 3.18. The Labute approximate surface area is 93.3 Å². The monoisotopic (exact) mass is 254 g/mol. The highest BCUT2D eigenvalue weighted by Gasteiger charge is 2.19. The lowest BCUT2D eigenvalue weighted by Crippen LogP contribution is -2.03. The van der Waals surface area contributed by atoms with Crippen LogP contribution in [0.5, 0.6) is 0 Å². The molecule has 0 aromatic carbocycles. The van der Waals surface area contributed by atoms with Crippen molar-refractivity contribution in [1.29, 1.82) is 0 Å². The molecule has 0 amide bonds. The third-order valence-electron chi connectivity index (χ3n) is 2.54. The van der Waals surface area contributed by atoms with Crippen molar-refractivity contribution >= 4 is 21.7 Å². The Balaban J connectivity index is 1.71. The van der Waals surface area contributed by atoms with Gasteiger partial charge in [-0.3, -0.25) is 0 Å². The summed E-state index contributed by atoms with van der Waals surface area (Å²) in [6, 6.07) is 3.94. The highest BCUT2D eigenvalue weighted by atomic mass is 79.9. The Kier molecular flexibility index (Phi) is 3.40. The van der Waals surface area contributed by atoms with E-state index in [0.717, 1.165) is 22.8 Å². The maximum atomic E-state index is 4.25. The zero-order chi connectivity index (χ0) is 9.80. The van der Waals surface area contributed by atoms with Crippen LogP contribution in [-0.2, 0) is 0 Å². The molecule has 1 aromatic heterocycles. The topological polar surface area (TPSA) is 24.9 Å². The molecule has 0 spiro atoms. The van der Waals surface area contributed by atoms with Crippen molar-refractivity contribution in [3.05, 3.63) is 22.8 Å². The van der Waals surface area contributed by atoms with Crippen LogP contribution < -0.4 is 5.32 Å². The van der Waals surface area contributed by atoms with Crippen LogP contribution in [0.4, 0.5) is 5.82 Å². The molecule has 0 unspecified atom stereocenters. The molecular formula is C11H15BrN2. The molecule has 2 nitrogen and oxygen atoms in total. The summed E-state index contributed by atoms with van der Waals surface area (Å²) in [4.78, 5) is 4.25. The largest absolute Gasteiger partial charge is 0.369 e. The van der Waals surface area contributed by atoms with E-state index in [4.69, 9.17) is 0 Å². The minimum Gasteiger partial charge on any atom is -0.369 e. The Bertz CT molecular complexity index is 297. The number of anilines is 1. The van der Waals surface area contributed by atoms with E-state index >= 15 is 0 Å². The van der Waals surface area contributed by atoms with Gasteiger partial charge in [0, 0.05) is 12.7 Å². The van der Waals surface area contributed by atoms with Crippen molar-refractivity contribution in [2.75, 3.05) is 11.9 Å². The van der Waals surface area contributed by atoms with Gasteiger partial charge in [-0.25, -0.2) is 4.98 Å². The molecule has 1 aliphatic carbocycles. The fourth-order valence-electron chi connectivity index (χ4n) is 1.52. The highest BCUT2D eigenvalue weighted by Crippen LogP contribution is 2.33. The van der Waals surface area contributed by atoms with Gasteiger partial charge in [-0.05, 0) is 46.8 Å². The molecular weight excluding hydrogens is 240 g/mol. The van der Waals surface area contributed by atoms with Crippen LogP contribution in [0.2, 0.25) is 0 Å². The second-order valence-corrected chi connectivity index (χ2v) is 4.70. The van der Waals surface area contributed by atoms with Gasteiger partial charge in [0.05, 0.1) is 4.47 Å². The first kappa shape index (κ1) is 9.97. The Morgan fingerprint density at radius 2 is 2.36 bits per heavy atom. The average Bonchev–Trinajstić information content (AvgIpc) is 2.99. The van der Waals surface area contributed by atoms with E-state index in [0.29, 0.717) is 0 Å². The van der Waals surface area contributed by atoms with Crippen molar-refractivity contribution in [3.63, 3.8) is 0 Å². The fourth-order valence-corrected chi connectivity index (χ4v) is 1.91. The molecule has 0 aliphatic heterocycles. The lowest BCUT2D eigenvalue weighted by atomic mass is 10.2. The summed E-state index contributed by atoms with van der Waals surface area (Å²) >= 11 is 3.46. The van der Waals surface area contributed by atoms with E-state index in [-0.39, 0.29) is 0 Å². The number of aromatic nitrogens is 1. The second kappa shape index (κ2) is 4.78. The molecule has 1 heterocycles. The molecule has 2 rings (SSSR count). The Morgan fingerprint density at radius 1 is 1.50 bits per heavy atom. The van der Waals surface area contributed by atoms with Gasteiger partial charge in [0.1, 0.15) is 5.82 Å². The maximum Gasteiger partial charge on any atom is 0.140 e. The van der Waals surface area contributed by atoms with E-state index in [2.05, 4.69) is 26.2 Å². The van der Waals surface area contributed by atoms with Crippen LogP contribution >= 0.6 is 15.9 Å². The first-order valence-corrected chi connectivity index (χ1v) is 6.00. The number of pyridine rings is 1. The van der Waals surface area contributed by atoms with Crippen LogP contribution in [0.25, 0.3) is 0 Å². The van der Waals surface area contributed by atoms with E-state index in [1.807, 2.05) is 18.3 Å². The average molecular weight is 255 g/mol. The Morgan fingerprint density at radius 3 is 3.07 bits per heavy atom. The predicted molar refractivity (Wildman–Crippen MR) is 62.4 cm³/mol. The highest BCUT2D eigenvalue weighted by molar-refractivity contribution is 9.10. The fraction of sp³-hybridized carbons (Fsp3) is 0.545. The quantitative estimate of drug-likeness (QED) is 0.815. The molecule has 3 heteroatoms. The van der Waals surface area contributed by atoms with Crippen LogP contribution in [0, 0.1) is 5.92 Å². The molecule has 0 radical (unpaired) electrons. The minimum absolute atomic E-state index is 0.961. The van der Waals surface area contributed by atoms with Gasteiger partial charge in [0.2, 0.25) is 0 Å². The summed E-state index contributed by atoms with van der Waals surface area (Å²) in [6.07, 6.45) is 7.35. The van der Waals surface area contributed by atoms with Gasteiger partial charge in [-0.1, -0.05) is 12.8 Å². The molecule has 0 saturated heterocycles. The van der Waals surface area contributed by atoms with Gasteiger partial charge >= 0.3 is 0 Å². The zero-order valence-corrected chi connectivity index (χ0v) is 9.76. The molecule has 76 valence electrons. The summed E-state index contributed by atoms with van der Waals surface area (Å²) in [5.74, 6) is 1.99.